The van der Waals surface area contributed by atoms with Crippen LogP contribution in [0.4, 0.5) is 5.69 Å². The fraction of sp³-hybridized carbons (Fsp3) is 0.292. The van der Waals surface area contributed by atoms with Crippen LogP contribution in [-0.4, -0.2) is 43.6 Å². The van der Waals surface area contributed by atoms with Gasteiger partial charge in [-0.15, -0.1) is 0 Å². The van der Waals surface area contributed by atoms with E-state index in [9.17, 15) is 9.59 Å². The van der Waals surface area contributed by atoms with Crippen LogP contribution in [0.25, 0.3) is 5.57 Å². The zero-order valence-electron chi connectivity index (χ0n) is 18.0. The molecular weight excluding hydrogens is 378 g/mol. The van der Waals surface area contributed by atoms with Crippen molar-refractivity contribution in [2.24, 2.45) is 0 Å². The van der Waals surface area contributed by atoms with Crippen LogP contribution in [0.2, 0.25) is 0 Å². The minimum atomic E-state index is 0.321. The van der Waals surface area contributed by atoms with Crippen molar-refractivity contribution in [3.63, 3.8) is 0 Å². The third-order valence-corrected chi connectivity index (χ3v) is 4.37. The van der Waals surface area contributed by atoms with Crippen molar-refractivity contribution in [1.29, 1.82) is 0 Å². The largest absolute Gasteiger partial charge is 0.485 e. The van der Waals surface area contributed by atoms with E-state index >= 15 is 0 Å². The molecule has 0 spiro atoms. The van der Waals surface area contributed by atoms with Crippen LogP contribution < -0.4 is 10.1 Å². The van der Waals surface area contributed by atoms with Crippen LogP contribution in [0, 0.1) is 0 Å². The molecule has 6 nitrogen and oxygen atoms in total. The molecule has 1 N–H and O–H groups in total. The highest BCUT2D eigenvalue weighted by atomic mass is 16.5. The molecule has 2 rings (SSSR count). The highest BCUT2D eigenvalue weighted by Gasteiger charge is 2.14. The average Bonchev–Trinajstić information content (AvgIpc) is 2.75. The third-order valence-electron chi connectivity index (χ3n) is 4.37. The summed E-state index contributed by atoms with van der Waals surface area (Å²) in [6.45, 7) is 2.09. The Kier molecular flexibility index (Phi) is 8.81. The van der Waals surface area contributed by atoms with Gasteiger partial charge >= 0.3 is 0 Å². The number of anilines is 1. The van der Waals surface area contributed by atoms with E-state index in [2.05, 4.69) is 10.3 Å². The van der Waals surface area contributed by atoms with Gasteiger partial charge in [-0.1, -0.05) is 6.07 Å². The number of allylic oxidation sites excluding steroid dienone is 3. The number of aryl methyl sites for hydroxylation is 1. The minimum Gasteiger partial charge on any atom is -0.485 e. The summed E-state index contributed by atoms with van der Waals surface area (Å²) in [6, 6.07) is 9.67. The smallest absolute Gasteiger partial charge is 0.145 e. The number of aromatic nitrogens is 1. The molecule has 1 aromatic carbocycles. The van der Waals surface area contributed by atoms with E-state index in [0.717, 1.165) is 40.7 Å². The van der Waals surface area contributed by atoms with E-state index in [-0.39, 0.29) is 0 Å². The summed E-state index contributed by atoms with van der Waals surface area (Å²) in [4.78, 5) is 28.4. The van der Waals surface area contributed by atoms with Crippen LogP contribution in [0.1, 0.15) is 30.2 Å². The number of pyridine rings is 1. The van der Waals surface area contributed by atoms with Crippen molar-refractivity contribution in [2.45, 2.75) is 26.4 Å². The second-order valence-corrected chi connectivity index (χ2v) is 7.13. The van der Waals surface area contributed by atoms with Gasteiger partial charge in [0.2, 0.25) is 0 Å². The summed E-state index contributed by atoms with van der Waals surface area (Å²) in [5.74, 6) is 0.670. The number of nitrogens with one attached hydrogen (secondary N) is 1. The molecule has 0 amide bonds. The molecule has 158 valence electrons. The highest BCUT2D eigenvalue weighted by Crippen LogP contribution is 2.35. The lowest BCUT2D eigenvalue weighted by Crippen LogP contribution is -2.06. The van der Waals surface area contributed by atoms with E-state index in [0.29, 0.717) is 30.8 Å². The quantitative estimate of drug-likeness (QED) is 0.346. The summed E-state index contributed by atoms with van der Waals surface area (Å²) in [5, 5.41) is 3.21. The van der Waals surface area contributed by atoms with Crippen LogP contribution in [0.3, 0.4) is 0 Å². The van der Waals surface area contributed by atoms with Crippen molar-refractivity contribution in [3.05, 3.63) is 71.2 Å². The zero-order valence-corrected chi connectivity index (χ0v) is 18.0. The topological polar surface area (TPSA) is 71.5 Å². The van der Waals surface area contributed by atoms with Gasteiger partial charge in [0.25, 0.3) is 0 Å². The Hall–Kier alpha value is -3.41. The van der Waals surface area contributed by atoms with Gasteiger partial charge in [-0.05, 0) is 66.0 Å². The molecule has 1 aromatic heterocycles. The van der Waals surface area contributed by atoms with Crippen LogP contribution in [-0.2, 0) is 22.6 Å². The molecule has 0 saturated carbocycles. The summed E-state index contributed by atoms with van der Waals surface area (Å²) in [5.41, 5.74) is 5.03. The Labute approximate surface area is 178 Å². The van der Waals surface area contributed by atoms with E-state index in [4.69, 9.17) is 4.74 Å². The molecule has 0 unspecified atom stereocenters. The van der Waals surface area contributed by atoms with Crippen LogP contribution >= 0.6 is 0 Å². The summed E-state index contributed by atoms with van der Waals surface area (Å²) in [7, 11) is 5.69. The van der Waals surface area contributed by atoms with Gasteiger partial charge in [-0.2, -0.15) is 0 Å². The number of nitrogens with zero attached hydrogens (tertiary/aromatic N) is 2. The number of benzene rings is 1. The predicted molar refractivity (Wildman–Crippen MR) is 120 cm³/mol. The van der Waals surface area contributed by atoms with Crippen LogP contribution in [0.15, 0.2) is 54.4 Å². The zero-order chi connectivity index (χ0) is 21.9. The molecule has 0 bridgehead atoms. The Balaban J connectivity index is 2.55. The van der Waals surface area contributed by atoms with Gasteiger partial charge in [0.05, 0.1) is 11.4 Å². The Bertz CT molecular complexity index is 919. The van der Waals surface area contributed by atoms with Gasteiger partial charge in [0.15, 0.2) is 0 Å². The first-order chi connectivity index (χ1) is 14.5. The van der Waals surface area contributed by atoms with Gasteiger partial charge in [-0.25, -0.2) is 0 Å². The molecular formula is C24H29N3O3. The number of hydrogen-bond donors (Lipinski definition) is 1. The standard InChI is InChI=1S/C24H29N3O3/c1-18(16-29)12-21(15-27(3)4)20-13-19(8-7-11-28)24(25-2)23(14-20)30-17-22-9-5-6-10-26-22/h5-6,9-16,25H,7-8,17H2,1-4H3/b18-12-,21-15+. The molecule has 0 atom stereocenters. The highest BCUT2D eigenvalue weighted by molar-refractivity contribution is 5.84. The SMILES string of the molecule is CNc1c(CCC=O)cc(C(/C=C(/C)C=O)=C/N(C)C)cc1OCc1ccccn1. The van der Waals surface area contributed by atoms with Crippen LogP contribution in [0.5, 0.6) is 5.75 Å². The van der Waals surface area contributed by atoms with Gasteiger partial charge in [0.1, 0.15) is 24.9 Å². The lowest BCUT2D eigenvalue weighted by atomic mass is 9.97. The maximum Gasteiger partial charge on any atom is 0.145 e. The van der Waals surface area contributed by atoms with Crippen molar-refractivity contribution >= 4 is 23.8 Å². The normalized spacial score (nSPS) is 11.7. The first kappa shape index (κ1) is 22.9. The maximum absolute atomic E-state index is 11.2. The fourth-order valence-electron chi connectivity index (χ4n) is 3.04. The number of carbonyl (C=O) groups is 2. The lowest BCUT2D eigenvalue weighted by molar-refractivity contribution is -0.108. The van der Waals surface area contributed by atoms with Gasteiger partial charge in [-0.3, -0.25) is 9.78 Å². The molecule has 1 heterocycles. The number of carbonyl (C=O) groups excluding carboxylic acids is 2. The predicted octanol–water partition coefficient (Wildman–Crippen LogP) is 3.88. The van der Waals surface area contributed by atoms with Crippen molar-refractivity contribution in [3.8, 4) is 5.75 Å². The first-order valence-electron chi connectivity index (χ1n) is 9.81. The maximum atomic E-state index is 11.2. The second kappa shape index (κ2) is 11.6. The lowest BCUT2D eigenvalue weighted by Gasteiger charge is -2.18. The number of ether oxygens (including phenoxy) is 1. The molecule has 0 aliphatic rings. The van der Waals surface area contributed by atoms with Crippen molar-refractivity contribution in [1.82, 2.24) is 9.88 Å². The van der Waals surface area contributed by atoms with Crippen molar-refractivity contribution < 1.29 is 14.3 Å². The Morgan fingerprint density at radius 2 is 2.03 bits per heavy atom. The van der Waals surface area contributed by atoms with Gasteiger partial charge in [0, 0.05) is 40.0 Å². The van der Waals surface area contributed by atoms with E-state index in [1.54, 1.807) is 13.1 Å². The van der Waals surface area contributed by atoms with E-state index < -0.39 is 0 Å². The monoisotopic (exact) mass is 407 g/mol. The Morgan fingerprint density at radius 1 is 1.23 bits per heavy atom. The summed E-state index contributed by atoms with van der Waals surface area (Å²) in [6.07, 6.45) is 8.26. The molecule has 6 heteroatoms. The molecule has 30 heavy (non-hydrogen) atoms. The van der Waals surface area contributed by atoms with Crippen molar-refractivity contribution in [2.75, 3.05) is 26.5 Å². The molecule has 0 saturated heterocycles. The molecule has 2 aromatic rings. The number of rotatable bonds is 11. The third kappa shape index (κ3) is 6.58. The molecule has 0 fully saturated rings. The minimum absolute atomic E-state index is 0.321. The Morgan fingerprint density at radius 3 is 2.63 bits per heavy atom. The summed E-state index contributed by atoms with van der Waals surface area (Å²) < 4.78 is 6.12. The first-order valence-corrected chi connectivity index (χ1v) is 9.81. The molecule has 0 aliphatic carbocycles. The van der Waals surface area contributed by atoms with Gasteiger partial charge < -0.3 is 19.7 Å². The average molecular weight is 408 g/mol. The van der Waals surface area contributed by atoms with E-state index in [1.165, 1.54) is 0 Å². The van der Waals surface area contributed by atoms with E-state index in [1.807, 2.05) is 68.7 Å². The molecule has 0 radical (unpaired) electrons. The number of hydrogen-bond acceptors (Lipinski definition) is 6. The molecule has 0 aliphatic heterocycles. The summed E-state index contributed by atoms with van der Waals surface area (Å²) >= 11 is 0. The second-order valence-electron chi connectivity index (χ2n) is 7.13. The number of aldehydes is 2. The fourth-order valence-corrected chi connectivity index (χ4v) is 3.04.